The highest BCUT2D eigenvalue weighted by atomic mass is 32.2. The fraction of sp³-hybridized carbons (Fsp3) is 0.571. The molecule has 1 aliphatic heterocycles. The van der Waals surface area contributed by atoms with Gasteiger partial charge in [0.1, 0.15) is 5.82 Å². The first kappa shape index (κ1) is 16.2. The monoisotopic (exact) mass is 315 g/mol. The molecule has 2 N–H and O–H groups in total. The molecule has 1 saturated heterocycles. The molecule has 0 saturated carbocycles. The predicted molar refractivity (Wildman–Crippen MR) is 81.9 cm³/mol. The number of anilines is 1. The Kier molecular flexibility index (Phi) is 5.18. The second kappa shape index (κ2) is 6.72. The summed E-state index contributed by atoms with van der Waals surface area (Å²) < 4.78 is 42.5. The van der Waals surface area contributed by atoms with E-state index in [0.717, 1.165) is 19.4 Å². The first-order valence-corrected chi connectivity index (χ1v) is 8.55. The highest BCUT2D eigenvalue weighted by Crippen LogP contribution is 2.24. The minimum atomic E-state index is -3.72. The summed E-state index contributed by atoms with van der Waals surface area (Å²) in [6.45, 7) is 3.40. The van der Waals surface area contributed by atoms with E-state index < -0.39 is 16.0 Å². The summed E-state index contributed by atoms with van der Waals surface area (Å²) in [7, 11) is -1.86. The Morgan fingerprint density at radius 2 is 2.19 bits per heavy atom. The molecule has 0 spiro atoms. The van der Waals surface area contributed by atoms with Gasteiger partial charge in [-0.1, -0.05) is 12.1 Å². The molecule has 2 rings (SSSR count). The van der Waals surface area contributed by atoms with E-state index in [1.54, 1.807) is 19.1 Å². The lowest BCUT2D eigenvalue weighted by molar-refractivity contribution is 0.264. The zero-order valence-corrected chi connectivity index (χ0v) is 13.2. The third kappa shape index (κ3) is 3.93. The third-order valence-corrected chi connectivity index (χ3v) is 5.24. The third-order valence-electron chi connectivity index (χ3n) is 3.77. The molecule has 7 heteroatoms. The van der Waals surface area contributed by atoms with Gasteiger partial charge in [-0.05, 0) is 50.9 Å². The summed E-state index contributed by atoms with van der Waals surface area (Å²) >= 11 is 0. The second-order valence-electron chi connectivity index (χ2n) is 5.46. The summed E-state index contributed by atoms with van der Waals surface area (Å²) in [6.07, 6.45) is 1.83. The Hall–Kier alpha value is -1.18. The Morgan fingerprint density at radius 1 is 1.43 bits per heavy atom. The molecule has 0 aromatic heterocycles. The maximum Gasteiger partial charge on any atom is 0.301 e. The predicted octanol–water partition coefficient (Wildman–Crippen LogP) is 1.72. The van der Waals surface area contributed by atoms with E-state index in [0.29, 0.717) is 24.6 Å². The van der Waals surface area contributed by atoms with Gasteiger partial charge < -0.3 is 5.32 Å². The molecule has 21 heavy (non-hydrogen) atoms. The van der Waals surface area contributed by atoms with Crippen molar-refractivity contribution in [2.75, 3.05) is 31.4 Å². The minimum absolute atomic E-state index is 0.0354. The molecule has 0 radical (unpaired) electrons. The first-order chi connectivity index (χ1) is 9.94. The van der Waals surface area contributed by atoms with Crippen LogP contribution in [0.5, 0.6) is 0 Å². The first-order valence-electron chi connectivity index (χ1n) is 7.11. The van der Waals surface area contributed by atoms with E-state index in [9.17, 15) is 12.8 Å². The Morgan fingerprint density at radius 3 is 2.86 bits per heavy atom. The standard InChI is InChI=1S/C14H22FN3O2S/c1-11-5-3-7-13(15)14(11)17-21(19,20)18-8-4-6-12(10-18)9-16-2/h3,5,7,12,16-17H,4,6,8-10H2,1-2H3. The number of rotatable bonds is 5. The lowest BCUT2D eigenvalue weighted by atomic mass is 10.00. The van der Waals surface area contributed by atoms with E-state index in [2.05, 4.69) is 10.0 Å². The van der Waals surface area contributed by atoms with Crippen molar-refractivity contribution < 1.29 is 12.8 Å². The fourth-order valence-electron chi connectivity index (χ4n) is 2.66. The molecular weight excluding hydrogens is 293 g/mol. The highest BCUT2D eigenvalue weighted by molar-refractivity contribution is 7.90. The van der Waals surface area contributed by atoms with E-state index in [4.69, 9.17) is 0 Å². The molecule has 0 bridgehead atoms. The lowest BCUT2D eigenvalue weighted by Gasteiger charge is -2.32. The van der Waals surface area contributed by atoms with Crippen LogP contribution in [0.15, 0.2) is 18.2 Å². The van der Waals surface area contributed by atoms with Crippen LogP contribution >= 0.6 is 0 Å². The molecule has 118 valence electrons. The van der Waals surface area contributed by atoms with Crippen molar-refractivity contribution >= 4 is 15.9 Å². The molecule has 1 heterocycles. The van der Waals surface area contributed by atoms with Crippen LogP contribution in [0.4, 0.5) is 10.1 Å². The molecule has 1 unspecified atom stereocenters. The van der Waals surface area contributed by atoms with Gasteiger partial charge in [-0.3, -0.25) is 4.72 Å². The number of nitrogens with one attached hydrogen (secondary N) is 2. The SMILES string of the molecule is CNCC1CCCN(S(=O)(=O)Nc2c(C)cccc2F)C1. The van der Waals surface area contributed by atoms with Crippen molar-refractivity contribution in [3.05, 3.63) is 29.6 Å². The van der Waals surface area contributed by atoms with Crippen molar-refractivity contribution in [2.24, 2.45) is 5.92 Å². The van der Waals surface area contributed by atoms with E-state index in [-0.39, 0.29) is 5.69 Å². The van der Waals surface area contributed by atoms with Crippen LogP contribution in [0, 0.1) is 18.7 Å². The van der Waals surface area contributed by atoms with Gasteiger partial charge in [0.05, 0.1) is 5.69 Å². The molecule has 0 amide bonds. The van der Waals surface area contributed by atoms with Gasteiger partial charge >= 0.3 is 10.2 Å². The molecule has 1 aromatic carbocycles. The zero-order chi connectivity index (χ0) is 15.5. The van der Waals surface area contributed by atoms with Crippen LogP contribution in [-0.4, -0.2) is 39.4 Å². The Labute approximate surface area is 125 Å². The maximum absolute atomic E-state index is 13.8. The van der Waals surface area contributed by atoms with Crippen molar-refractivity contribution in [3.63, 3.8) is 0 Å². The molecule has 1 atom stereocenters. The average molecular weight is 315 g/mol. The van der Waals surface area contributed by atoms with Gasteiger partial charge in [-0.2, -0.15) is 12.7 Å². The van der Waals surface area contributed by atoms with Gasteiger partial charge in [0.25, 0.3) is 0 Å². The number of para-hydroxylation sites is 1. The quantitative estimate of drug-likeness (QED) is 0.870. The number of halogens is 1. The minimum Gasteiger partial charge on any atom is -0.319 e. The number of piperidine rings is 1. The Balaban J connectivity index is 2.14. The number of benzene rings is 1. The summed E-state index contributed by atoms with van der Waals surface area (Å²) in [5, 5.41) is 3.08. The smallest absolute Gasteiger partial charge is 0.301 e. The van der Waals surface area contributed by atoms with Crippen LogP contribution in [0.2, 0.25) is 0 Å². The molecule has 5 nitrogen and oxygen atoms in total. The lowest BCUT2D eigenvalue weighted by Crippen LogP contribution is -2.45. The molecular formula is C14H22FN3O2S. The summed E-state index contributed by atoms with van der Waals surface area (Å²) in [5.74, 6) is -0.260. The number of hydrogen-bond acceptors (Lipinski definition) is 3. The van der Waals surface area contributed by atoms with Crippen molar-refractivity contribution in [1.29, 1.82) is 0 Å². The highest BCUT2D eigenvalue weighted by Gasteiger charge is 2.29. The zero-order valence-electron chi connectivity index (χ0n) is 12.4. The summed E-state index contributed by atoms with van der Waals surface area (Å²) in [6, 6.07) is 4.50. The van der Waals surface area contributed by atoms with Crippen LogP contribution in [0.25, 0.3) is 0 Å². The fourth-order valence-corrected chi connectivity index (χ4v) is 4.08. The van der Waals surface area contributed by atoms with E-state index in [1.807, 2.05) is 7.05 Å². The molecule has 1 aromatic rings. The van der Waals surface area contributed by atoms with Gasteiger partial charge in [0, 0.05) is 13.1 Å². The summed E-state index contributed by atoms with van der Waals surface area (Å²) in [5.41, 5.74) is 0.607. The van der Waals surface area contributed by atoms with Crippen LogP contribution < -0.4 is 10.0 Å². The van der Waals surface area contributed by atoms with Gasteiger partial charge in [0.2, 0.25) is 0 Å². The van der Waals surface area contributed by atoms with Gasteiger partial charge in [-0.25, -0.2) is 4.39 Å². The molecule has 0 aliphatic carbocycles. The molecule has 1 fully saturated rings. The average Bonchev–Trinajstić information content (AvgIpc) is 2.44. The van der Waals surface area contributed by atoms with Gasteiger partial charge in [0.15, 0.2) is 0 Å². The maximum atomic E-state index is 13.8. The van der Waals surface area contributed by atoms with Crippen LogP contribution in [-0.2, 0) is 10.2 Å². The second-order valence-corrected chi connectivity index (χ2v) is 7.13. The normalized spacial score (nSPS) is 20.4. The summed E-state index contributed by atoms with van der Waals surface area (Å²) in [4.78, 5) is 0. The van der Waals surface area contributed by atoms with Crippen molar-refractivity contribution in [2.45, 2.75) is 19.8 Å². The molecule has 1 aliphatic rings. The van der Waals surface area contributed by atoms with Crippen LogP contribution in [0.3, 0.4) is 0 Å². The number of hydrogen-bond donors (Lipinski definition) is 2. The topological polar surface area (TPSA) is 61.4 Å². The van der Waals surface area contributed by atoms with Gasteiger partial charge in [-0.15, -0.1) is 0 Å². The van der Waals surface area contributed by atoms with E-state index in [1.165, 1.54) is 10.4 Å². The largest absolute Gasteiger partial charge is 0.319 e. The van der Waals surface area contributed by atoms with E-state index >= 15 is 0 Å². The number of nitrogens with zero attached hydrogens (tertiary/aromatic N) is 1. The number of aryl methyl sites for hydroxylation is 1. The van der Waals surface area contributed by atoms with Crippen molar-refractivity contribution in [3.8, 4) is 0 Å². The Bertz CT molecular complexity index is 570. The van der Waals surface area contributed by atoms with Crippen LogP contribution in [0.1, 0.15) is 18.4 Å². The van der Waals surface area contributed by atoms with Crippen molar-refractivity contribution in [1.82, 2.24) is 9.62 Å².